The van der Waals surface area contributed by atoms with Crippen LogP contribution in [0.1, 0.15) is 38.8 Å². The zero-order chi connectivity index (χ0) is 14.6. The van der Waals surface area contributed by atoms with Gasteiger partial charge in [0.25, 0.3) is 0 Å². The molecule has 19 heavy (non-hydrogen) atoms. The lowest BCUT2D eigenvalue weighted by Crippen LogP contribution is -2.51. The van der Waals surface area contributed by atoms with Crippen molar-refractivity contribution in [1.29, 1.82) is 0 Å². The highest BCUT2D eigenvalue weighted by Gasteiger charge is 2.32. The van der Waals surface area contributed by atoms with Crippen molar-refractivity contribution in [3.63, 3.8) is 0 Å². The Labute approximate surface area is 124 Å². The monoisotopic (exact) mass is 328 g/mol. The third kappa shape index (κ3) is 4.02. The Bertz CT molecular complexity index is 409. The quantitative estimate of drug-likeness (QED) is 0.844. The van der Waals surface area contributed by atoms with E-state index in [4.69, 9.17) is 5.73 Å². The highest BCUT2D eigenvalue weighted by molar-refractivity contribution is 9.10. The highest BCUT2D eigenvalue weighted by Crippen LogP contribution is 2.31. The SMILES string of the molecule is CCC(N)C(c1cccc(Br)c1)N(C)C(C)(C)CO. The zero-order valence-electron chi connectivity index (χ0n) is 12.2. The van der Waals surface area contributed by atoms with Crippen LogP contribution in [0.3, 0.4) is 0 Å². The van der Waals surface area contributed by atoms with E-state index in [1.165, 1.54) is 5.56 Å². The molecule has 3 N–H and O–H groups in total. The summed E-state index contributed by atoms with van der Waals surface area (Å²) in [5, 5.41) is 9.58. The molecule has 1 aromatic rings. The predicted molar refractivity (Wildman–Crippen MR) is 84.1 cm³/mol. The molecule has 0 amide bonds. The predicted octanol–water partition coefficient (Wildman–Crippen LogP) is 2.93. The van der Waals surface area contributed by atoms with Gasteiger partial charge in [-0.1, -0.05) is 35.0 Å². The molecule has 3 nitrogen and oxygen atoms in total. The van der Waals surface area contributed by atoms with Crippen molar-refractivity contribution < 1.29 is 5.11 Å². The summed E-state index contributed by atoms with van der Waals surface area (Å²) < 4.78 is 1.05. The molecular weight excluding hydrogens is 304 g/mol. The lowest BCUT2D eigenvalue weighted by molar-refractivity contribution is 0.0345. The van der Waals surface area contributed by atoms with E-state index in [0.717, 1.165) is 10.9 Å². The number of halogens is 1. The Kier molecular flexibility index (Phi) is 5.99. The summed E-state index contributed by atoms with van der Waals surface area (Å²) in [6, 6.07) is 8.35. The van der Waals surface area contributed by atoms with Crippen LogP contribution in [0.25, 0.3) is 0 Å². The second kappa shape index (κ2) is 6.84. The van der Waals surface area contributed by atoms with Gasteiger partial charge in [-0.25, -0.2) is 0 Å². The van der Waals surface area contributed by atoms with E-state index in [9.17, 15) is 5.11 Å². The first-order valence-electron chi connectivity index (χ1n) is 6.68. The molecule has 0 fully saturated rings. The number of rotatable bonds is 6. The molecule has 0 aliphatic rings. The standard InChI is InChI=1S/C15H25BrN2O/c1-5-13(17)14(18(4)15(2,3)10-19)11-7-6-8-12(16)9-11/h6-9,13-14,19H,5,10,17H2,1-4H3. The van der Waals surface area contributed by atoms with E-state index in [-0.39, 0.29) is 24.2 Å². The van der Waals surface area contributed by atoms with E-state index >= 15 is 0 Å². The van der Waals surface area contributed by atoms with E-state index in [2.05, 4.69) is 39.9 Å². The molecule has 108 valence electrons. The summed E-state index contributed by atoms with van der Waals surface area (Å²) in [4.78, 5) is 2.17. The maximum Gasteiger partial charge on any atom is 0.0610 e. The zero-order valence-corrected chi connectivity index (χ0v) is 13.8. The van der Waals surface area contributed by atoms with Crippen LogP contribution in [-0.2, 0) is 0 Å². The minimum absolute atomic E-state index is 0.0325. The first-order valence-corrected chi connectivity index (χ1v) is 7.47. The molecular formula is C15H25BrN2O. The van der Waals surface area contributed by atoms with Crippen LogP contribution in [0.15, 0.2) is 28.7 Å². The number of aliphatic hydroxyl groups excluding tert-OH is 1. The molecule has 2 unspecified atom stereocenters. The van der Waals surface area contributed by atoms with Gasteiger partial charge in [-0.3, -0.25) is 4.90 Å². The number of hydrogen-bond acceptors (Lipinski definition) is 3. The number of likely N-dealkylation sites (N-methyl/N-ethyl adjacent to an activating group) is 1. The smallest absolute Gasteiger partial charge is 0.0610 e. The highest BCUT2D eigenvalue weighted by atomic mass is 79.9. The molecule has 0 aliphatic carbocycles. The summed E-state index contributed by atoms with van der Waals surface area (Å²) >= 11 is 3.51. The number of nitrogens with two attached hydrogens (primary N) is 1. The molecule has 1 rings (SSSR count). The van der Waals surface area contributed by atoms with Crippen LogP contribution in [-0.4, -0.2) is 35.2 Å². The Balaban J connectivity index is 3.15. The summed E-state index contributed by atoms with van der Waals surface area (Å²) in [6.45, 7) is 6.25. The van der Waals surface area contributed by atoms with Gasteiger partial charge in [0.05, 0.1) is 12.6 Å². The maximum atomic E-state index is 9.58. The second-order valence-corrected chi connectivity index (χ2v) is 6.57. The van der Waals surface area contributed by atoms with Gasteiger partial charge in [0, 0.05) is 16.1 Å². The third-order valence-corrected chi connectivity index (χ3v) is 4.32. The van der Waals surface area contributed by atoms with Crippen molar-refractivity contribution in [2.24, 2.45) is 5.73 Å². The summed E-state index contributed by atoms with van der Waals surface area (Å²) in [7, 11) is 2.03. The van der Waals surface area contributed by atoms with E-state index in [1.807, 2.05) is 33.0 Å². The van der Waals surface area contributed by atoms with Crippen LogP contribution < -0.4 is 5.73 Å². The van der Waals surface area contributed by atoms with Crippen LogP contribution in [0.4, 0.5) is 0 Å². The summed E-state index contributed by atoms with van der Waals surface area (Å²) in [6.07, 6.45) is 0.892. The fourth-order valence-electron chi connectivity index (χ4n) is 2.16. The summed E-state index contributed by atoms with van der Waals surface area (Å²) in [5.41, 5.74) is 7.18. The topological polar surface area (TPSA) is 49.5 Å². The molecule has 2 atom stereocenters. The van der Waals surface area contributed by atoms with Crippen molar-refractivity contribution in [3.8, 4) is 0 Å². The van der Waals surface area contributed by atoms with E-state index < -0.39 is 0 Å². The van der Waals surface area contributed by atoms with Gasteiger partial charge in [0.2, 0.25) is 0 Å². The van der Waals surface area contributed by atoms with Gasteiger partial charge in [-0.05, 0) is 45.0 Å². The average molecular weight is 329 g/mol. The van der Waals surface area contributed by atoms with Crippen molar-refractivity contribution in [2.45, 2.75) is 44.8 Å². The Morgan fingerprint density at radius 2 is 2.05 bits per heavy atom. The molecule has 0 aliphatic heterocycles. The lowest BCUT2D eigenvalue weighted by Gasteiger charge is -2.42. The number of aliphatic hydroxyl groups is 1. The first kappa shape index (κ1) is 16.6. The Hall–Kier alpha value is -0.420. The second-order valence-electron chi connectivity index (χ2n) is 5.65. The maximum absolute atomic E-state index is 9.58. The van der Waals surface area contributed by atoms with Crippen molar-refractivity contribution in [3.05, 3.63) is 34.3 Å². The van der Waals surface area contributed by atoms with E-state index in [0.29, 0.717) is 0 Å². The molecule has 0 saturated heterocycles. The number of hydrogen-bond donors (Lipinski definition) is 2. The lowest BCUT2D eigenvalue weighted by atomic mass is 9.92. The molecule has 0 heterocycles. The Morgan fingerprint density at radius 3 is 2.53 bits per heavy atom. The van der Waals surface area contributed by atoms with Gasteiger partial charge in [0.1, 0.15) is 0 Å². The van der Waals surface area contributed by atoms with Gasteiger partial charge >= 0.3 is 0 Å². The van der Waals surface area contributed by atoms with Crippen LogP contribution in [0, 0.1) is 0 Å². The minimum Gasteiger partial charge on any atom is -0.394 e. The van der Waals surface area contributed by atoms with Crippen LogP contribution in [0.2, 0.25) is 0 Å². The van der Waals surface area contributed by atoms with Crippen molar-refractivity contribution in [2.75, 3.05) is 13.7 Å². The Morgan fingerprint density at radius 1 is 1.42 bits per heavy atom. The van der Waals surface area contributed by atoms with Gasteiger partial charge in [-0.2, -0.15) is 0 Å². The fourth-order valence-corrected chi connectivity index (χ4v) is 2.58. The molecule has 1 aromatic carbocycles. The largest absolute Gasteiger partial charge is 0.394 e. The third-order valence-electron chi connectivity index (χ3n) is 3.83. The molecule has 0 radical (unpaired) electrons. The van der Waals surface area contributed by atoms with Crippen molar-refractivity contribution >= 4 is 15.9 Å². The molecule has 4 heteroatoms. The number of nitrogens with zero attached hydrogens (tertiary/aromatic N) is 1. The molecule has 0 bridgehead atoms. The molecule has 0 saturated carbocycles. The fraction of sp³-hybridized carbons (Fsp3) is 0.600. The van der Waals surface area contributed by atoms with E-state index in [1.54, 1.807) is 0 Å². The normalized spacial score (nSPS) is 15.6. The van der Waals surface area contributed by atoms with Crippen LogP contribution >= 0.6 is 15.9 Å². The molecule has 0 spiro atoms. The van der Waals surface area contributed by atoms with Crippen LogP contribution in [0.5, 0.6) is 0 Å². The minimum atomic E-state index is -0.306. The van der Waals surface area contributed by atoms with Gasteiger partial charge in [-0.15, -0.1) is 0 Å². The van der Waals surface area contributed by atoms with Crippen molar-refractivity contribution in [1.82, 2.24) is 4.90 Å². The first-order chi connectivity index (χ1) is 8.83. The summed E-state index contributed by atoms with van der Waals surface area (Å²) in [5.74, 6) is 0. The average Bonchev–Trinajstić information content (AvgIpc) is 2.38. The molecule has 0 aromatic heterocycles. The van der Waals surface area contributed by atoms with Gasteiger partial charge in [0.15, 0.2) is 0 Å². The van der Waals surface area contributed by atoms with Gasteiger partial charge < -0.3 is 10.8 Å². The number of benzene rings is 1.